The molecule has 0 aliphatic heterocycles. The number of nitrogens with one attached hydrogen (secondary N) is 2. The summed E-state index contributed by atoms with van der Waals surface area (Å²) in [6, 6.07) is 11.2. The first kappa shape index (κ1) is 23.0. The van der Waals surface area contributed by atoms with Crippen LogP contribution in [0.5, 0.6) is 5.75 Å². The summed E-state index contributed by atoms with van der Waals surface area (Å²) in [4.78, 5) is 17.1. The monoisotopic (exact) mass is 412 g/mol. The van der Waals surface area contributed by atoms with Crippen LogP contribution in [0.4, 0.5) is 11.5 Å². The number of hydrogen-bond acceptors (Lipinski definition) is 5. The summed E-state index contributed by atoms with van der Waals surface area (Å²) in [5.41, 5.74) is 7.09. The zero-order valence-electron chi connectivity index (χ0n) is 15.2. The SMILES string of the molecule is COc1ccccc1Nc1ncccc1C(=O)NC1CCCC1CN.Cl.Cl. The Morgan fingerprint density at radius 1 is 1.22 bits per heavy atom. The molecule has 0 radical (unpaired) electrons. The van der Waals surface area contributed by atoms with E-state index in [4.69, 9.17) is 10.5 Å². The fourth-order valence-electron chi connectivity index (χ4n) is 3.32. The Balaban J connectivity index is 0.00000182. The smallest absolute Gasteiger partial charge is 0.255 e. The lowest BCUT2D eigenvalue weighted by Crippen LogP contribution is -2.40. The molecule has 0 bridgehead atoms. The minimum atomic E-state index is -0.129. The van der Waals surface area contributed by atoms with Gasteiger partial charge in [0.2, 0.25) is 0 Å². The second-order valence-corrected chi connectivity index (χ2v) is 6.23. The van der Waals surface area contributed by atoms with E-state index in [1.807, 2.05) is 24.3 Å². The van der Waals surface area contributed by atoms with Gasteiger partial charge >= 0.3 is 0 Å². The molecule has 6 nitrogen and oxygen atoms in total. The van der Waals surface area contributed by atoms with Crippen LogP contribution in [-0.2, 0) is 0 Å². The quantitative estimate of drug-likeness (QED) is 0.674. The molecule has 0 saturated heterocycles. The average molecular weight is 413 g/mol. The molecule has 2 aromatic rings. The van der Waals surface area contributed by atoms with Gasteiger partial charge in [0, 0.05) is 12.2 Å². The molecular formula is C19H26Cl2N4O2. The highest BCUT2D eigenvalue weighted by Crippen LogP contribution is 2.28. The number of carbonyl (C=O) groups excluding carboxylic acids is 1. The molecular weight excluding hydrogens is 387 g/mol. The summed E-state index contributed by atoms with van der Waals surface area (Å²) in [5.74, 6) is 1.42. The zero-order valence-corrected chi connectivity index (χ0v) is 16.8. The molecule has 1 heterocycles. The maximum Gasteiger partial charge on any atom is 0.255 e. The molecule has 1 aromatic carbocycles. The third kappa shape index (κ3) is 5.48. The van der Waals surface area contributed by atoms with Gasteiger partial charge in [0.1, 0.15) is 11.6 Å². The lowest BCUT2D eigenvalue weighted by molar-refractivity contribution is 0.0929. The molecule has 1 aliphatic carbocycles. The number of carbonyl (C=O) groups is 1. The minimum absolute atomic E-state index is 0. The summed E-state index contributed by atoms with van der Waals surface area (Å²) in [6.07, 6.45) is 4.81. The van der Waals surface area contributed by atoms with E-state index in [1.54, 1.807) is 25.4 Å². The Kier molecular flexibility index (Phi) is 9.35. The fourth-order valence-corrected chi connectivity index (χ4v) is 3.32. The van der Waals surface area contributed by atoms with Gasteiger partial charge < -0.3 is 21.1 Å². The van der Waals surface area contributed by atoms with Crippen molar-refractivity contribution in [2.75, 3.05) is 19.0 Å². The second kappa shape index (κ2) is 11.0. The highest BCUT2D eigenvalue weighted by molar-refractivity contribution is 5.99. The predicted octanol–water partition coefficient (Wildman–Crippen LogP) is 3.53. The Bertz CT molecular complexity index is 745. The van der Waals surface area contributed by atoms with E-state index in [1.165, 1.54) is 0 Å². The number of nitrogens with zero attached hydrogens (tertiary/aromatic N) is 1. The molecule has 1 aromatic heterocycles. The van der Waals surface area contributed by atoms with E-state index in [-0.39, 0.29) is 36.8 Å². The number of anilines is 2. The maximum absolute atomic E-state index is 12.8. The molecule has 148 valence electrons. The molecule has 4 N–H and O–H groups in total. The van der Waals surface area contributed by atoms with Crippen LogP contribution >= 0.6 is 24.8 Å². The lowest BCUT2D eigenvalue weighted by atomic mass is 10.0. The van der Waals surface area contributed by atoms with Gasteiger partial charge in [-0.15, -0.1) is 24.8 Å². The molecule has 2 unspecified atom stereocenters. The molecule has 1 fully saturated rings. The van der Waals surface area contributed by atoms with Crippen LogP contribution in [0.3, 0.4) is 0 Å². The van der Waals surface area contributed by atoms with E-state index < -0.39 is 0 Å². The molecule has 2 atom stereocenters. The molecule has 1 amide bonds. The molecule has 8 heteroatoms. The van der Waals surface area contributed by atoms with Crippen molar-refractivity contribution in [1.82, 2.24) is 10.3 Å². The van der Waals surface area contributed by atoms with Crippen molar-refractivity contribution in [2.24, 2.45) is 11.7 Å². The Hall–Kier alpha value is -2.02. The second-order valence-electron chi connectivity index (χ2n) is 6.23. The number of nitrogens with two attached hydrogens (primary N) is 1. The van der Waals surface area contributed by atoms with Gasteiger partial charge in [-0.2, -0.15) is 0 Å². The van der Waals surface area contributed by atoms with E-state index in [0.717, 1.165) is 24.9 Å². The summed E-state index contributed by atoms with van der Waals surface area (Å²) in [6.45, 7) is 0.601. The highest BCUT2D eigenvalue weighted by Gasteiger charge is 2.28. The van der Waals surface area contributed by atoms with Crippen molar-refractivity contribution in [1.29, 1.82) is 0 Å². The van der Waals surface area contributed by atoms with Gasteiger partial charge in [-0.1, -0.05) is 18.6 Å². The Labute approximate surface area is 172 Å². The van der Waals surface area contributed by atoms with Crippen LogP contribution < -0.4 is 21.1 Å². The number of amides is 1. The largest absolute Gasteiger partial charge is 0.495 e. The summed E-state index contributed by atoms with van der Waals surface area (Å²) in [7, 11) is 1.61. The maximum atomic E-state index is 12.8. The van der Waals surface area contributed by atoms with Gasteiger partial charge in [0.05, 0.1) is 18.4 Å². The van der Waals surface area contributed by atoms with Crippen molar-refractivity contribution in [3.05, 3.63) is 48.2 Å². The number of methoxy groups -OCH3 is 1. The number of halogens is 2. The van der Waals surface area contributed by atoms with Crippen molar-refractivity contribution >= 4 is 42.2 Å². The molecule has 1 saturated carbocycles. The van der Waals surface area contributed by atoms with Gasteiger partial charge in [-0.05, 0) is 49.6 Å². The topological polar surface area (TPSA) is 89.3 Å². The summed E-state index contributed by atoms with van der Waals surface area (Å²) < 4.78 is 5.35. The highest BCUT2D eigenvalue weighted by atomic mass is 35.5. The summed E-state index contributed by atoms with van der Waals surface area (Å²) in [5, 5.41) is 6.32. The first-order valence-electron chi connectivity index (χ1n) is 8.59. The van der Waals surface area contributed by atoms with E-state index in [2.05, 4.69) is 15.6 Å². The van der Waals surface area contributed by atoms with Gasteiger partial charge in [0.25, 0.3) is 5.91 Å². The number of pyridine rings is 1. The van der Waals surface area contributed by atoms with Crippen LogP contribution in [-0.4, -0.2) is 30.6 Å². The number of benzene rings is 1. The number of ether oxygens (including phenoxy) is 1. The van der Waals surface area contributed by atoms with Gasteiger partial charge in [-0.3, -0.25) is 4.79 Å². The van der Waals surface area contributed by atoms with Gasteiger partial charge in [-0.25, -0.2) is 4.98 Å². The van der Waals surface area contributed by atoms with Crippen LogP contribution in [0, 0.1) is 5.92 Å². The first-order chi connectivity index (χ1) is 12.2. The van der Waals surface area contributed by atoms with E-state index >= 15 is 0 Å². The third-order valence-electron chi connectivity index (χ3n) is 4.69. The van der Waals surface area contributed by atoms with Crippen LogP contribution in [0.1, 0.15) is 29.6 Å². The van der Waals surface area contributed by atoms with Crippen LogP contribution in [0.25, 0.3) is 0 Å². The number of hydrogen-bond donors (Lipinski definition) is 3. The molecule has 0 spiro atoms. The standard InChI is InChI=1S/C19H24N4O2.2ClH/c1-25-17-10-3-2-8-16(17)22-18-14(7-5-11-21-18)19(24)23-15-9-4-6-13(15)12-20;;/h2-3,5,7-8,10-11,13,15H,4,6,9,12,20H2,1H3,(H,21,22)(H,23,24);2*1H. The molecule has 1 aliphatic rings. The van der Waals surface area contributed by atoms with Crippen molar-refractivity contribution < 1.29 is 9.53 Å². The molecule has 3 rings (SSSR count). The van der Waals surface area contributed by atoms with E-state index in [9.17, 15) is 4.79 Å². The lowest BCUT2D eigenvalue weighted by Gasteiger charge is -2.20. The average Bonchev–Trinajstić information content (AvgIpc) is 3.09. The van der Waals surface area contributed by atoms with Crippen molar-refractivity contribution in [3.8, 4) is 5.75 Å². The minimum Gasteiger partial charge on any atom is -0.495 e. The zero-order chi connectivity index (χ0) is 17.6. The number of para-hydroxylation sites is 2. The van der Waals surface area contributed by atoms with Crippen LogP contribution in [0.15, 0.2) is 42.6 Å². The fraction of sp³-hybridized carbons (Fsp3) is 0.368. The van der Waals surface area contributed by atoms with Gasteiger partial charge in [0.15, 0.2) is 0 Å². The number of rotatable bonds is 6. The normalized spacial score (nSPS) is 18.0. The molecule has 27 heavy (non-hydrogen) atoms. The Morgan fingerprint density at radius 3 is 2.74 bits per heavy atom. The van der Waals surface area contributed by atoms with Crippen LogP contribution in [0.2, 0.25) is 0 Å². The Morgan fingerprint density at radius 2 is 2.00 bits per heavy atom. The number of aromatic nitrogens is 1. The first-order valence-corrected chi connectivity index (χ1v) is 8.59. The van der Waals surface area contributed by atoms with Crippen molar-refractivity contribution in [3.63, 3.8) is 0 Å². The third-order valence-corrected chi connectivity index (χ3v) is 4.69. The van der Waals surface area contributed by atoms with Crippen molar-refractivity contribution in [2.45, 2.75) is 25.3 Å². The summed E-state index contributed by atoms with van der Waals surface area (Å²) >= 11 is 0. The van der Waals surface area contributed by atoms with E-state index in [0.29, 0.717) is 29.6 Å². The predicted molar refractivity (Wildman–Crippen MR) is 113 cm³/mol.